The summed E-state index contributed by atoms with van der Waals surface area (Å²) < 4.78 is 6.44. The van der Waals surface area contributed by atoms with Crippen molar-refractivity contribution in [2.75, 3.05) is 6.61 Å². The van der Waals surface area contributed by atoms with Crippen molar-refractivity contribution in [3.8, 4) is 0 Å². The molecule has 9 heteroatoms. The van der Waals surface area contributed by atoms with Crippen LogP contribution < -0.4 is 16.6 Å². The molecule has 26 heavy (non-hydrogen) atoms. The Morgan fingerprint density at radius 3 is 2.69 bits per heavy atom. The lowest BCUT2D eigenvalue weighted by Gasteiger charge is -2.15. The van der Waals surface area contributed by atoms with Crippen molar-refractivity contribution in [3.63, 3.8) is 0 Å². The minimum atomic E-state index is -0.945. The van der Waals surface area contributed by atoms with Gasteiger partial charge in [0.1, 0.15) is 17.9 Å². The van der Waals surface area contributed by atoms with E-state index in [0.717, 1.165) is 16.3 Å². The predicted octanol–water partition coefficient (Wildman–Crippen LogP) is -0.893. The van der Waals surface area contributed by atoms with Gasteiger partial charge in [0, 0.05) is 19.2 Å². The average molecular weight is 361 g/mol. The number of hydrogen-bond donors (Lipinski definition) is 4. The van der Waals surface area contributed by atoms with Crippen LogP contribution in [0.25, 0.3) is 0 Å². The number of carbonyl (C=O) groups excluding carboxylic acids is 1. The number of rotatable bonds is 5. The zero-order valence-electron chi connectivity index (χ0n) is 13.8. The van der Waals surface area contributed by atoms with Gasteiger partial charge in [-0.3, -0.25) is 19.1 Å². The van der Waals surface area contributed by atoms with E-state index in [4.69, 9.17) is 9.84 Å². The molecule has 138 valence electrons. The molecular formula is C17H19N3O6. The topological polar surface area (TPSA) is 134 Å². The van der Waals surface area contributed by atoms with Crippen molar-refractivity contribution in [3.05, 3.63) is 68.5 Å². The number of nitrogens with zero attached hydrogens (tertiary/aromatic N) is 1. The van der Waals surface area contributed by atoms with Gasteiger partial charge in [0.05, 0.1) is 12.7 Å². The van der Waals surface area contributed by atoms with E-state index < -0.39 is 42.2 Å². The second-order valence-electron chi connectivity index (χ2n) is 5.99. The number of aliphatic hydroxyl groups excluding tert-OH is 2. The van der Waals surface area contributed by atoms with E-state index in [2.05, 4.69) is 10.3 Å². The first-order valence-electron chi connectivity index (χ1n) is 8.11. The lowest BCUT2D eigenvalue weighted by atomic mass is 10.2. The highest BCUT2D eigenvalue weighted by molar-refractivity contribution is 5.93. The lowest BCUT2D eigenvalue weighted by molar-refractivity contribution is -0.0459. The van der Waals surface area contributed by atoms with E-state index in [1.807, 2.05) is 30.3 Å². The summed E-state index contributed by atoms with van der Waals surface area (Å²) in [7, 11) is 0. The molecule has 1 aromatic heterocycles. The Morgan fingerprint density at radius 2 is 2.04 bits per heavy atom. The van der Waals surface area contributed by atoms with Crippen LogP contribution in [0.5, 0.6) is 0 Å². The van der Waals surface area contributed by atoms with Gasteiger partial charge in [0.2, 0.25) is 0 Å². The third-order valence-corrected chi connectivity index (χ3v) is 4.20. The van der Waals surface area contributed by atoms with Crippen molar-refractivity contribution in [2.45, 2.75) is 31.4 Å². The minimum Gasteiger partial charge on any atom is -0.394 e. The summed E-state index contributed by atoms with van der Waals surface area (Å²) in [4.78, 5) is 38.4. The van der Waals surface area contributed by atoms with Crippen LogP contribution in [0.4, 0.5) is 0 Å². The summed E-state index contributed by atoms with van der Waals surface area (Å²) in [6, 6.07) is 9.16. The summed E-state index contributed by atoms with van der Waals surface area (Å²) in [5, 5.41) is 21.6. The maximum Gasteiger partial charge on any atom is 0.330 e. The van der Waals surface area contributed by atoms with Gasteiger partial charge >= 0.3 is 5.69 Å². The number of carbonyl (C=O) groups is 1. The van der Waals surface area contributed by atoms with Crippen LogP contribution >= 0.6 is 0 Å². The zero-order chi connectivity index (χ0) is 18.7. The summed E-state index contributed by atoms with van der Waals surface area (Å²) in [6.07, 6.45) is -1.48. The van der Waals surface area contributed by atoms with E-state index in [9.17, 15) is 19.5 Å². The van der Waals surface area contributed by atoms with Gasteiger partial charge in [-0.15, -0.1) is 0 Å². The maximum atomic E-state index is 12.3. The molecule has 1 aliphatic heterocycles. The summed E-state index contributed by atoms with van der Waals surface area (Å²) >= 11 is 0. The Morgan fingerprint density at radius 1 is 1.31 bits per heavy atom. The van der Waals surface area contributed by atoms with Crippen LogP contribution in [0.3, 0.4) is 0 Å². The van der Waals surface area contributed by atoms with Gasteiger partial charge in [-0.05, 0) is 5.56 Å². The Kier molecular flexibility index (Phi) is 5.31. The molecule has 1 saturated heterocycles. The summed E-state index contributed by atoms with van der Waals surface area (Å²) in [5.74, 6) is -0.638. The van der Waals surface area contributed by atoms with E-state index in [-0.39, 0.29) is 18.5 Å². The van der Waals surface area contributed by atoms with Gasteiger partial charge in [0.15, 0.2) is 0 Å². The molecule has 0 spiro atoms. The van der Waals surface area contributed by atoms with Crippen molar-refractivity contribution in [1.82, 2.24) is 14.9 Å². The van der Waals surface area contributed by atoms with Crippen LogP contribution in [0, 0.1) is 0 Å². The van der Waals surface area contributed by atoms with E-state index >= 15 is 0 Å². The van der Waals surface area contributed by atoms with Crippen molar-refractivity contribution in [2.24, 2.45) is 0 Å². The summed E-state index contributed by atoms with van der Waals surface area (Å²) in [5.41, 5.74) is -0.954. The number of aromatic amines is 1. The smallest absolute Gasteiger partial charge is 0.330 e. The Hall–Kier alpha value is -2.75. The standard InChI is InChI=1S/C17H19N3O6/c21-9-13-12(22)6-14(26-13)20-8-11(16(24)19-17(20)25)15(23)18-7-10-4-2-1-3-5-10/h1-5,8,12-14,21-22H,6-7,9H2,(H,18,23)(H,19,24,25)/t12?,13-,14-/m0/s1. The fourth-order valence-corrected chi connectivity index (χ4v) is 2.78. The highest BCUT2D eigenvalue weighted by atomic mass is 16.5. The van der Waals surface area contributed by atoms with Crippen molar-refractivity contribution >= 4 is 5.91 Å². The molecule has 1 aliphatic rings. The number of nitrogens with one attached hydrogen (secondary N) is 2. The Balaban J connectivity index is 1.81. The molecule has 2 heterocycles. The van der Waals surface area contributed by atoms with Crippen molar-refractivity contribution in [1.29, 1.82) is 0 Å². The molecule has 0 aliphatic carbocycles. The first kappa shape index (κ1) is 18.1. The molecule has 0 radical (unpaired) electrons. The van der Waals surface area contributed by atoms with E-state index in [0.29, 0.717) is 0 Å². The first-order chi connectivity index (χ1) is 12.5. The SMILES string of the molecule is O=C(NCc1ccccc1)c1cn([C@@H]2CC(O)[C@H](CO)O2)c(=O)[nH]c1=O. The Labute approximate surface area is 147 Å². The third-order valence-electron chi connectivity index (χ3n) is 4.20. The molecular weight excluding hydrogens is 342 g/mol. The predicted molar refractivity (Wildman–Crippen MR) is 90.6 cm³/mol. The first-order valence-corrected chi connectivity index (χ1v) is 8.11. The lowest BCUT2D eigenvalue weighted by Crippen LogP contribution is -2.38. The molecule has 4 N–H and O–H groups in total. The molecule has 1 fully saturated rings. The molecule has 9 nitrogen and oxygen atoms in total. The second-order valence-corrected chi connectivity index (χ2v) is 5.99. The largest absolute Gasteiger partial charge is 0.394 e. The highest BCUT2D eigenvalue weighted by Crippen LogP contribution is 2.27. The molecule has 3 rings (SSSR count). The summed E-state index contributed by atoms with van der Waals surface area (Å²) in [6.45, 7) is -0.177. The zero-order valence-corrected chi connectivity index (χ0v) is 13.8. The Bertz CT molecular complexity index is 891. The van der Waals surface area contributed by atoms with Gasteiger partial charge < -0.3 is 20.3 Å². The molecule has 3 atom stereocenters. The normalized spacial score (nSPS) is 22.3. The highest BCUT2D eigenvalue weighted by Gasteiger charge is 2.35. The van der Waals surface area contributed by atoms with Crippen LogP contribution in [-0.2, 0) is 11.3 Å². The van der Waals surface area contributed by atoms with Gasteiger partial charge in [-0.2, -0.15) is 0 Å². The average Bonchev–Trinajstić information content (AvgIpc) is 3.01. The van der Waals surface area contributed by atoms with Crippen molar-refractivity contribution < 1.29 is 19.7 Å². The maximum absolute atomic E-state index is 12.3. The van der Waals surface area contributed by atoms with Crippen LogP contribution in [0.1, 0.15) is 28.6 Å². The van der Waals surface area contributed by atoms with Crippen LogP contribution in [-0.4, -0.2) is 44.5 Å². The number of aliphatic hydroxyl groups is 2. The molecule has 1 unspecified atom stereocenters. The molecule has 1 amide bonds. The van der Waals surface area contributed by atoms with Gasteiger partial charge in [-0.1, -0.05) is 30.3 Å². The molecule has 2 aromatic rings. The third kappa shape index (κ3) is 3.74. The van der Waals surface area contributed by atoms with Gasteiger partial charge in [0.25, 0.3) is 11.5 Å². The van der Waals surface area contributed by atoms with E-state index in [1.54, 1.807) is 0 Å². The quantitative estimate of drug-likeness (QED) is 0.546. The number of aromatic nitrogens is 2. The number of H-pyrrole nitrogens is 1. The van der Waals surface area contributed by atoms with Gasteiger partial charge in [-0.25, -0.2) is 4.79 Å². The molecule has 0 saturated carbocycles. The number of ether oxygens (including phenoxy) is 1. The molecule has 1 aromatic carbocycles. The fourth-order valence-electron chi connectivity index (χ4n) is 2.78. The van der Waals surface area contributed by atoms with Crippen LogP contribution in [0.2, 0.25) is 0 Å². The van der Waals surface area contributed by atoms with Crippen LogP contribution in [0.15, 0.2) is 46.1 Å². The number of amides is 1. The number of benzene rings is 1. The minimum absolute atomic E-state index is 0.0578. The fraction of sp³-hybridized carbons (Fsp3) is 0.353. The molecule has 0 bridgehead atoms. The second kappa shape index (κ2) is 7.65. The number of hydrogen-bond acceptors (Lipinski definition) is 6. The monoisotopic (exact) mass is 361 g/mol. The van der Waals surface area contributed by atoms with E-state index in [1.165, 1.54) is 0 Å².